The Kier molecular flexibility index (Phi) is 4.82. The van der Waals surface area contributed by atoms with Crippen LogP contribution in [0.4, 0.5) is 22.0 Å². The molecule has 106 valence electrons. The topological polar surface area (TPSA) is 55.1 Å². The Hall–Kier alpha value is -1.70. The van der Waals surface area contributed by atoms with Crippen molar-refractivity contribution in [3.05, 3.63) is 35.4 Å². The van der Waals surface area contributed by atoms with Gasteiger partial charge in [-0.15, -0.1) is 0 Å². The summed E-state index contributed by atoms with van der Waals surface area (Å²) in [6, 6.07) is 3.06. The molecule has 0 aromatic heterocycles. The van der Waals surface area contributed by atoms with E-state index in [1.165, 1.54) is 12.1 Å². The zero-order valence-corrected chi connectivity index (χ0v) is 9.55. The molecule has 1 aromatic carbocycles. The van der Waals surface area contributed by atoms with E-state index < -0.39 is 36.7 Å². The Labute approximate surface area is 105 Å². The largest absolute Gasteiger partial charge is 0.401 e. The molecule has 0 saturated heterocycles. The highest BCUT2D eigenvalue weighted by molar-refractivity contribution is 5.81. The Balaban J connectivity index is 2.93. The van der Waals surface area contributed by atoms with Crippen LogP contribution in [0.1, 0.15) is 23.6 Å². The molecule has 0 radical (unpaired) electrons. The van der Waals surface area contributed by atoms with E-state index >= 15 is 0 Å². The number of carbonyl (C=O) groups excluding carboxylic acids is 1. The van der Waals surface area contributed by atoms with E-state index in [0.717, 1.165) is 12.1 Å². The lowest BCUT2D eigenvalue weighted by atomic mass is 10.0. The summed E-state index contributed by atoms with van der Waals surface area (Å²) >= 11 is 0. The van der Waals surface area contributed by atoms with Crippen LogP contribution < -0.4 is 11.1 Å². The maximum absolute atomic E-state index is 12.5. The SMILES string of the molecule is NC(=O)C(NCC(F)(F)F)c1cccc(C(F)F)c1. The second kappa shape index (κ2) is 5.96. The number of halogens is 5. The van der Waals surface area contributed by atoms with Crippen molar-refractivity contribution in [1.29, 1.82) is 0 Å². The van der Waals surface area contributed by atoms with E-state index in [4.69, 9.17) is 5.73 Å². The average Bonchev–Trinajstić information content (AvgIpc) is 2.27. The van der Waals surface area contributed by atoms with Crippen LogP contribution in [-0.4, -0.2) is 18.6 Å². The van der Waals surface area contributed by atoms with Gasteiger partial charge in [0.2, 0.25) is 5.91 Å². The molecule has 0 aliphatic carbocycles. The van der Waals surface area contributed by atoms with Crippen LogP contribution in [0.3, 0.4) is 0 Å². The van der Waals surface area contributed by atoms with Gasteiger partial charge in [-0.25, -0.2) is 8.78 Å². The smallest absolute Gasteiger partial charge is 0.368 e. The summed E-state index contributed by atoms with van der Waals surface area (Å²) in [7, 11) is 0. The molecule has 0 heterocycles. The number of alkyl halides is 5. The molecular weight excluding hydrogens is 271 g/mol. The van der Waals surface area contributed by atoms with E-state index in [1.54, 1.807) is 0 Å². The lowest BCUT2D eigenvalue weighted by molar-refractivity contribution is -0.130. The third-order valence-electron chi connectivity index (χ3n) is 2.29. The number of carbonyl (C=O) groups is 1. The molecule has 0 aliphatic rings. The normalized spacial score (nSPS) is 13.6. The predicted octanol–water partition coefficient (Wildman–Crippen LogP) is 2.30. The summed E-state index contributed by atoms with van der Waals surface area (Å²) in [5.74, 6) is -1.07. The molecule has 1 amide bonds. The van der Waals surface area contributed by atoms with Crippen molar-refractivity contribution in [2.45, 2.75) is 18.6 Å². The van der Waals surface area contributed by atoms with Gasteiger partial charge in [-0.05, 0) is 11.6 Å². The minimum absolute atomic E-state index is 0.0328. The number of amides is 1. The van der Waals surface area contributed by atoms with Crippen LogP contribution in [0, 0.1) is 0 Å². The van der Waals surface area contributed by atoms with E-state index in [9.17, 15) is 26.7 Å². The molecular formula is C11H11F5N2O. The van der Waals surface area contributed by atoms with Gasteiger partial charge in [-0.3, -0.25) is 10.1 Å². The van der Waals surface area contributed by atoms with Crippen molar-refractivity contribution in [2.75, 3.05) is 6.54 Å². The molecule has 0 fully saturated rings. The molecule has 0 bridgehead atoms. The van der Waals surface area contributed by atoms with Crippen molar-refractivity contribution in [3.63, 3.8) is 0 Å². The second-order valence-corrected chi connectivity index (χ2v) is 3.80. The molecule has 1 aromatic rings. The van der Waals surface area contributed by atoms with Gasteiger partial charge in [0.1, 0.15) is 6.04 Å². The first-order valence-electron chi connectivity index (χ1n) is 5.18. The Bertz CT molecular complexity index is 447. The monoisotopic (exact) mass is 282 g/mol. The maximum Gasteiger partial charge on any atom is 0.401 e. The maximum atomic E-state index is 12.5. The number of rotatable bonds is 5. The number of benzene rings is 1. The number of hydrogen-bond acceptors (Lipinski definition) is 2. The quantitative estimate of drug-likeness (QED) is 0.814. The molecule has 19 heavy (non-hydrogen) atoms. The van der Waals surface area contributed by atoms with Gasteiger partial charge in [-0.1, -0.05) is 18.2 Å². The van der Waals surface area contributed by atoms with E-state index in [2.05, 4.69) is 0 Å². The van der Waals surface area contributed by atoms with Gasteiger partial charge in [-0.2, -0.15) is 13.2 Å². The molecule has 0 spiro atoms. The molecule has 1 atom stereocenters. The number of hydrogen-bond donors (Lipinski definition) is 2. The van der Waals surface area contributed by atoms with Gasteiger partial charge in [0.25, 0.3) is 6.43 Å². The summed E-state index contributed by atoms with van der Waals surface area (Å²) < 4.78 is 61.1. The molecule has 1 unspecified atom stereocenters. The third-order valence-corrected chi connectivity index (χ3v) is 2.29. The standard InChI is InChI=1S/C11H11F5N2O/c12-9(13)7-3-1-2-6(4-7)8(10(17)19)18-5-11(14,15)16/h1-4,8-9,18H,5H2,(H2,17,19). The summed E-state index contributed by atoms with van der Waals surface area (Å²) in [5.41, 5.74) is 4.54. The highest BCUT2D eigenvalue weighted by Crippen LogP contribution is 2.23. The predicted molar refractivity (Wildman–Crippen MR) is 57.4 cm³/mol. The van der Waals surface area contributed by atoms with Gasteiger partial charge in [0, 0.05) is 5.56 Å². The van der Waals surface area contributed by atoms with Crippen LogP contribution in [-0.2, 0) is 4.79 Å². The fourth-order valence-electron chi connectivity index (χ4n) is 1.47. The molecule has 0 saturated carbocycles. The zero-order valence-electron chi connectivity index (χ0n) is 9.55. The first-order chi connectivity index (χ1) is 8.70. The van der Waals surface area contributed by atoms with Crippen molar-refractivity contribution in [1.82, 2.24) is 5.32 Å². The average molecular weight is 282 g/mol. The summed E-state index contributed by atoms with van der Waals surface area (Å²) in [6.07, 6.45) is -7.32. The van der Waals surface area contributed by atoms with Crippen LogP contribution in [0.2, 0.25) is 0 Å². The number of primary amides is 1. The van der Waals surface area contributed by atoms with Crippen molar-refractivity contribution in [2.24, 2.45) is 5.73 Å². The minimum Gasteiger partial charge on any atom is -0.368 e. The van der Waals surface area contributed by atoms with Gasteiger partial charge < -0.3 is 5.73 Å². The molecule has 1 rings (SSSR count). The lowest BCUT2D eigenvalue weighted by Crippen LogP contribution is -2.39. The summed E-state index contributed by atoms with van der Waals surface area (Å²) in [6.45, 7) is -1.44. The first kappa shape index (κ1) is 15.4. The molecule has 3 N–H and O–H groups in total. The number of nitrogens with two attached hydrogens (primary N) is 1. The summed E-state index contributed by atoms with van der Waals surface area (Å²) in [5, 5.41) is 1.90. The fraction of sp³-hybridized carbons (Fsp3) is 0.364. The first-order valence-corrected chi connectivity index (χ1v) is 5.18. The molecule has 3 nitrogen and oxygen atoms in total. The highest BCUT2D eigenvalue weighted by Gasteiger charge is 2.30. The molecule has 8 heteroatoms. The van der Waals surface area contributed by atoms with Crippen molar-refractivity contribution in [3.8, 4) is 0 Å². The molecule has 0 aliphatic heterocycles. The lowest BCUT2D eigenvalue weighted by Gasteiger charge is -2.17. The van der Waals surface area contributed by atoms with Crippen LogP contribution in [0.25, 0.3) is 0 Å². The van der Waals surface area contributed by atoms with Crippen molar-refractivity contribution < 1.29 is 26.7 Å². The summed E-state index contributed by atoms with van der Waals surface area (Å²) in [4.78, 5) is 11.1. The second-order valence-electron chi connectivity index (χ2n) is 3.80. The van der Waals surface area contributed by atoms with Gasteiger partial charge in [0.05, 0.1) is 6.54 Å². The Morgan fingerprint density at radius 2 is 1.84 bits per heavy atom. The van der Waals surface area contributed by atoms with E-state index in [-0.39, 0.29) is 5.56 Å². The fourth-order valence-corrected chi connectivity index (χ4v) is 1.47. The van der Waals surface area contributed by atoms with E-state index in [1.807, 2.05) is 5.32 Å². The van der Waals surface area contributed by atoms with Crippen molar-refractivity contribution >= 4 is 5.91 Å². The Morgan fingerprint density at radius 3 is 2.32 bits per heavy atom. The van der Waals surface area contributed by atoms with Gasteiger partial charge in [0.15, 0.2) is 0 Å². The van der Waals surface area contributed by atoms with Crippen LogP contribution >= 0.6 is 0 Å². The minimum atomic E-state index is -4.53. The van der Waals surface area contributed by atoms with E-state index in [0.29, 0.717) is 0 Å². The van der Waals surface area contributed by atoms with Gasteiger partial charge >= 0.3 is 6.18 Å². The van der Waals surface area contributed by atoms with Crippen LogP contribution in [0.15, 0.2) is 24.3 Å². The number of nitrogens with one attached hydrogen (secondary N) is 1. The van der Waals surface area contributed by atoms with Crippen LogP contribution in [0.5, 0.6) is 0 Å². The third kappa shape index (κ3) is 4.82. The highest BCUT2D eigenvalue weighted by atomic mass is 19.4. The zero-order chi connectivity index (χ0) is 14.6. The Morgan fingerprint density at radius 1 is 1.26 bits per heavy atom.